The van der Waals surface area contributed by atoms with Crippen LogP contribution >= 0.6 is 0 Å². The molecule has 2 aliphatic rings. The van der Waals surface area contributed by atoms with Gasteiger partial charge in [0, 0.05) is 18.7 Å². The van der Waals surface area contributed by atoms with Gasteiger partial charge in [-0.1, -0.05) is 30.3 Å². The van der Waals surface area contributed by atoms with Crippen LogP contribution in [0.15, 0.2) is 42.5 Å². The number of piperazine rings is 1. The first-order valence-electron chi connectivity index (χ1n) is 11.7. The number of hydrogen-bond donors (Lipinski definition) is 0. The summed E-state index contributed by atoms with van der Waals surface area (Å²) >= 11 is 0. The average molecular weight is 449 g/mol. The lowest BCUT2D eigenvalue weighted by atomic mass is 9.89. The van der Waals surface area contributed by atoms with Crippen molar-refractivity contribution in [3.05, 3.63) is 70.3 Å². The Morgan fingerprint density at radius 3 is 2.42 bits per heavy atom. The zero-order valence-electron chi connectivity index (χ0n) is 19.7. The van der Waals surface area contributed by atoms with Crippen LogP contribution in [0.5, 0.6) is 0 Å². The summed E-state index contributed by atoms with van der Waals surface area (Å²) in [6.07, 6.45) is 2.29. The smallest absolute Gasteiger partial charge is 0.295 e. The van der Waals surface area contributed by atoms with E-state index in [9.17, 15) is 14.4 Å². The van der Waals surface area contributed by atoms with Crippen LogP contribution in [0.25, 0.3) is 0 Å². The van der Waals surface area contributed by atoms with E-state index in [0.29, 0.717) is 38.3 Å². The van der Waals surface area contributed by atoms with E-state index < -0.39 is 17.7 Å². The molecule has 2 heterocycles. The molecule has 0 aliphatic carbocycles. The Bertz CT molecular complexity index is 1030. The second-order valence-corrected chi connectivity index (χ2v) is 9.20. The quantitative estimate of drug-likeness (QED) is 0.369. The van der Waals surface area contributed by atoms with E-state index in [0.717, 1.165) is 35.1 Å². The molecule has 0 spiro atoms. The summed E-state index contributed by atoms with van der Waals surface area (Å²) in [6.45, 7) is 7.78. The molecule has 0 saturated carbocycles. The summed E-state index contributed by atoms with van der Waals surface area (Å²) in [5, 5.41) is 0. The number of ketones is 1. The number of carbonyl (C=O) groups is 3. The molecule has 2 aromatic carbocycles. The fraction of sp³-hybridized carbons (Fsp3) is 0.444. The first-order chi connectivity index (χ1) is 15.9. The van der Waals surface area contributed by atoms with Crippen LogP contribution in [0.4, 0.5) is 0 Å². The molecule has 2 saturated heterocycles. The maximum atomic E-state index is 13.3. The van der Waals surface area contributed by atoms with Gasteiger partial charge in [-0.15, -0.1) is 0 Å². The third-order valence-electron chi connectivity index (χ3n) is 7.01. The van der Waals surface area contributed by atoms with Crippen LogP contribution in [0.3, 0.4) is 0 Å². The Morgan fingerprint density at radius 1 is 1.03 bits per heavy atom. The zero-order valence-corrected chi connectivity index (χ0v) is 19.7. The predicted octanol–water partition coefficient (Wildman–Crippen LogP) is 3.60. The molecule has 6 heteroatoms. The minimum absolute atomic E-state index is 0.0771. The number of hydrogen-bond acceptors (Lipinski definition) is 4. The number of benzene rings is 2. The van der Waals surface area contributed by atoms with Crippen LogP contribution in [0.2, 0.25) is 0 Å². The van der Waals surface area contributed by atoms with Gasteiger partial charge in [-0.2, -0.15) is 0 Å². The lowest BCUT2D eigenvalue weighted by Gasteiger charge is -2.48. The molecule has 33 heavy (non-hydrogen) atoms. The molecule has 0 N–H and O–H groups in total. The molecule has 4 rings (SSSR count). The van der Waals surface area contributed by atoms with Gasteiger partial charge in [-0.25, -0.2) is 0 Å². The van der Waals surface area contributed by atoms with Crippen molar-refractivity contribution >= 4 is 17.6 Å². The molecule has 174 valence electrons. The maximum absolute atomic E-state index is 13.3. The molecule has 2 bridgehead atoms. The van der Waals surface area contributed by atoms with Gasteiger partial charge in [-0.05, 0) is 74.4 Å². The maximum Gasteiger partial charge on any atom is 0.295 e. The van der Waals surface area contributed by atoms with Crippen molar-refractivity contribution in [2.75, 3.05) is 19.7 Å². The Labute approximate surface area is 195 Å². The van der Waals surface area contributed by atoms with Gasteiger partial charge in [0.2, 0.25) is 11.7 Å². The fourth-order valence-electron chi connectivity index (χ4n) is 4.91. The number of likely N-dealkylation sites (tertiary alicyclic amines) is 1. The lowest BCUT2D eigenvalue weighted by molar-refractivity contribution is -0.157. The predicted molar refractivity (Wildman–Crippen MR) is 126 cm³/mol. The van der Waals surface area contributed by atoms with E-state index in [4.69, 9.17) is 4.74 Å². The summed E-state index contributed by atoms with van der Waals surface area (Å²) in [5.41, 5.74) is 4.60. The summed E-state index contributed by atoms with van der Waals surface area (Å²) in [5.74, 6) is -1.15. The minimum Gasteiger partial charge on any atom is -0.375 e. The highest BCUT2D eigenvalue weighted by Crippen LogP contribution is 2.30. The van der Waals surface area contributed by atoms with Crippen molar-refractivity contribution in [1.82, 2.24) is 9.80 Å². The molecular weight excluding hydrogens is 416 g/mol. The van der Waals surface area contributed by atoms with Gasteiger partial charge in [0.15, 0.2) is 0 Å². The van der Waals surface area contributed by atoms with E-state index in [2.05, 4.69) is 0 Å². The van der Waals surface area contributed by atoms with Gasteiger partial charge >= 0.3 is 0 Å². The zero-order chi connectivity index (χ0) is 23.5. The monoisotopic (exact) mass is 448 g/mol. The molecule has 2 fully saturated rings. The number of Topliss-reactive ketones (excluding diaryl/α,β-unsaturated/α-hetero) is 1. The largest absolute Gasteiger partial charge is 0.375 e. The summed E-state index contributed by atoms with van der Waals surface area (Å²) in [6, 6.07) is 12.8. The lowest BCUT2D eigenvalue weighted by Crippen LogP contribution is -2.66. The number of fused-ring (bicyclic) bond motifs is 2. The second kappa shape index (κ2) is 9.87. The number of rotatable bonds is 7. The van der Waals surface area contributed by atoms with Crippen LogP contribution in [-0.2, 0) is 20.9 Å². The van der Waals surface area contributed by atoms with Crippen LogP contribution in [0, 0.1) is 20.8 Å². The number of aryl methyl sites for hydroxylation is 2. The van der Waals surface area contributed by atoms with Crippen molar-refractivity contribution in [3.63, 3.8) is 0 Å². The normalized spacial score (nSPS) is 20.2. The Morgan fingerprint density at radius 2 is 1.73 bits per heavy atom. The molecule has 2 aromatic rings. The number of nitrogens with zero attached hydrogens (tertiary/aromatic N) is 2. The molecule has 2 atom stereocenters. The SMILES string of the molecule is Cc1cc(C(=O)C(=O)N2C3CCCC2C(=O)N(CCOCc2ccccc2)C3)cc(C)c1C. The first-order valence-corrected chi connectivity index (χ1v) is 11.7. The highest BCUT2D eigenvalue weighted by atomic mass is 16.5. The molecule has 0 aromatic heterocycles. The van der Waals surface area contributed by atoms with Gasteiger partial charge in [-0.3, -0.25) is 14.4 Å². The number of ether oxygens (including phenoxy) is 1. The Kier molecular flexibility index (Phi) is 6.94. The van der Waals surface area contributed by atoms with Crippen molar-refractivity contribution in [2.45, 2.75) is 58.7 Å². The second-order valence-electron chi connectivity index (χ2n) is 9.20. The van der Waals surface area contributed by atoms with E-state index >= 15 is 0 Å². The molecule has 2 amide bonds. The van der Waals surface area contributed by atoms with Gasteiger partial charge in [0.25, 0.3) is 5.91 Å². The fourth-order valence-corrected chi connectivity index (χ4v) is 4.91. The third-order valence-corrected chi connectivity index (χ3v) is 7.01. The summed E-state index contributed by atoms with van der Waals surface area (Å²) in [4.78, 5) is 42.9. The Balaban J connectivity index is 1.41. The van der Waals surface area contributed by atoms with Crippen LogP contribution in [0.1, 0.15) is 51.9 Å². The number of piperidine rings is 1. The Hall–Kier alpha value is -2.99. The third kappa shape index (κ3) is 4.86. The van der Waals surface area contributed by atoms with Crippen molar-refractivity contribution in [3.8, 4) is 0 Å². The number of amides is 2. The highest BCUT2D eigenvalue weighted by Gasteiger charge is 2.46. The topological polar surface area (TPSA) is 66.9 Å². The van der Waals surface area contributed by atoms with E-state index in [1.807, 2.05) is 51.1 Å². The van der Waals surface area contributed by atoms with Crippen molar-refractivity contribution < 1.29 is 19.1 Å². The van der Waals surface area contributed by atoms with Gasteiger partial charge in [0.1, 0.15) is 6.04 Å². The summed E-state index contributed by atoms with van der Waals surface area (Å²) < 4.78 is 5.77. The number of carbonyl (C=O) groups excluding carboxylic acids is 3. The van der Waals surface area contributed by atoms with E-state index in [1.165, 1.54) is 0 Å². The molecule has 0 radical (unpaired) electrons. The molecule has 2 unspecified atom stereocenters. The van der Waals surface area contributed by atoms with Crippen LogP contribution < -0.4 is 0 Å². The van der Waals surface area contributed by atoms with Crippen molar-refractivity contribution in [1.29, 1.82) is 0 Å². The average Bonchev–Trinajstić information content (AvgIpc) is 2.82. The van der Waals surface area contributed by atoms with E-state index in [-0.39, 0.29) is 11.9 Å². The summed E-state index contributed by atoms with van der Waals surface area (Å²) in [7, 11) is 0. The highest BCUT2D eigenvalue weighted by molar-refractivity contribution is 6.43. The van der Waals surface area contributed by atoms with Crippen LogP contribution in [-0.4, -0.2) is 59.2 Å². The molecular formula is C27H32N2O4. The standard InChI is InChI=1S/C27H32N2O4/c1-18-14-22(15-19(2)20(18)3)25(30)27(32)29-23-10-7-11-24(29)26(31)28(16-23)12-13-33-17-21-8-5-4-6-9-21/h4-6,8-9,14-15,23-24H,7,10-13,16-17H2,1-3H3. The molecule has 6 nitrogen and oxygen atoms in total. The molecule has 2 aliphatic heterocycles. The van der Waals surface area contributed by atoms with E-state index in [1.54, 1.807) is 21.9 Å². The van der Waals surface area contributed by atoms with Gasteiger partial charge in [0.05, 0.1) is 19.3 Å². The first kappa shape index (κ1) is 23.2. The minimum atomic E-state index is -0.560. The van der Waals surface area contributed by atoms with Gasteiger partial charge < -0.3 is 14.5 Å². The van der Waals surface area contributed by atoms with Crippen molar-refractivity contribution in [2.24, 2.45) is 0 Å².